The molecule has 0 aromatic heterocycles. The van der Waals surface area contributed by atoms with E-state index in [2.05, 4.69) is 6.58 Å². The molecule has 0 amide bonds. The Hall–Kier alpha value is -2.60. The lowest BCUT2D eigenvalue weighted by Crippen LogP contribution is -1.97. The van der Waals surface area contributed by atoms with Crippen LogP contribution in [0.4, 0.5) is 0 Å². The van der Waals surface area contributed by atoms with E-state index in [4.69, 9.17) is 20.7 Å². The Morgan fingerprint density at radius 1 is 1.31 bits per heavy atom. The van der Waals surface area contributed by atoms with Crippen LogP contribution < -0.4 is 0 Å². The summed E-state index contributed by atoms with van der Waals surface area (Å²) in [5.74, 6) is -2.28. The molecule has 2 N–H and O–H groups in total. The molecule has 0 aromatic rings. The van der Waals surface area contributed by atoms with Crippen molar-refractivity contribution in [3.05, 3.63) is 23.8 Å². The van der Waals surface area contributed by atoms with E-state index in [0.717, 1.165) is 6.08 Å². The lowest BCUT2D eigenvalue weighted by atomic mass is 10.2. The highest BCUT2D eigenvalue weighted by molar-refractivity contribution is 5.90. The number of carboxylic acid groups (broad SMARTS) is 2. The van der Waals surface area contributed by atoms with Crippen molar-refractivity contribution >= 4 is 11.9 Å². The maximum Gasteiger partial charge on any atom is 0.345 e. The van der Waals surface area contributed by atoms with Gasteiger partial charge >= 0.3 is 11.9 Å². The van der Waals surface area contributed by atoms with Crippen LogP contribution in [0.5, 0.6) is 0 Å². The molecule has 0 rings (SSSR count). The molecule has 16 heavy (non-hydrogen) atoms. The second-order valence-electron chi connectivity index (χ2n) is 2.35. The number of carbonyl (C=O) groups is 2. The summed E-state index contributed by atoms with van der Waals surface area (Å²) in [5.41, 5.74) is -0.280. The fourth-order valence-corrected chi connectivity index (χ4v) is 0.441. The van der Waals surface area contributed by atoms with Crippen molar-refractivity contribution in [2.75, 3.05) is 0 Å². The maximum atomic E-state index is 10.1. The predicted molar refractivity (Wildman–Crippen MR) is 54.0 cm³/mol. The molecule has 84 valence electrons. The van der Waals surface area contributed by atoms with Crippen molar-refractivity contribution in [3.63, 3.8) is 0 Å². The average Bonchev–Trinajstić information content (AvgIpc) is 2.24. The van der Waals surface area contributed by atoms with E-state index in [1.807, 2.05) is 0 Å². The maximum absolute atomic E-state index is 10.1. The largest absolute Gasteiger partial charge is 0.478 e. The first kappa shape index (κ1) is 15.9. The second-order valence-corrected chi connectivity index (χ2v) is 2.35. The van der Waals surface area contributed by atoms with Gasteiger partial charge in [0, 0.05) is 11.6 Å². The van der Waals surface area contributed by atoms with Crippen molar-refractivity contribution in [1.29, 1.82) is 10.5 Å². The Morgan fingerprint density at radius 3 is 1.88 bits per heavy atom. The van der Waals surface area contributed by atoms with Gasteiger partial charge in [-0.15, -0.1) is 0 Å². The minimum Gasteiger partial charge on any atom is -0.478 e. The summed E-state index contributed by atoms with van der Waals surface area (Å²) in [4.78, 5) is 19.7. The van der Waals surface area contributed by atoms with Crippen LogP contribution in [0.15, 0.2) is 23.8 Å². The number of nitriles is 2. The van der Waals surface area contributed by atoms with Crippen LogP contribution in [0, 0.1) is 22.7 Å². The number of hydrogen-bond acceptors (Lipinski definition) is 4. The van der Waals surface area contributed by atoms with Crippen LogP contribution in [0.2, 0.25) is 0 Å². The van der Waals surface area contributed by atoms with E-state index in [1.54, 1.807) is 13.0 Å². The van der Waals surface area contributed by atoms with Crippen LogP contribution in [0.1, 0.15) is 13.3 Å². The standard InChI is InChI=1S/C6H7NO2.C4H3NO2/c1-2-5(3-4-7)6(8)9;1-3(2-5)4(6)7/h3H,2H2,1H3,(H,8,9);1H2,(H,6,7)/b5-3-;. The first-order valence-corrected chi connectivity index (χ1v) is 4.04. The number of allylic oxidation sites excluding steroid dienone is 1. The SMILES string of the molecule is C=C(C#N)C(=O)O.CC/C(=C/C#N)C(=O)O. The molecular formula is C10H10N2O4. The van der Waals surface area contributed by atoms with Gasteiger partial charge in [-0.3, -0.25) is 0 Å². The Bertz CT molecular complexity index is 396. The Labute approximate surface area is 92.3 Å². The lowest BCUT2D eigenvalue weighted by molar-refractivity contribution is -0.133. The Balaban J connectivity index is 0. The molecule has 0 saturated heterocycles. The predicted octanol–water partition coefficient (Wildman–Crippen LogP) is 1.08. The monoisotopic (exact) mass is 222 g/mol. The zero-order valence-corrected chi connectivity index (χ0v) is 8.60. The number of aliphatic carboxylic acids is 2. The average molecular weight is 222 g/mol. The van der Waals surface area contributed by atoms with Gasteiger partial charge in [-0.25, -0.2) is 9.59 Å². The zero-order chi connectivity index (χ0) is 13.1. The number of carboxylic acids is 2. The third-order valence-electron chi connectivity index (χ3n) is 1.29. The van der Waals surface area contributed by atoms with Crippen molar-refractivity contribution in [3.8, 4) is 12.1 Å². The van der Waals surface area contributed by atoms with E-state index in [-0.39, 0.29) is 5.57 Å². The highest BCUT2D eigenvalue weighted by Gasteiger charge is 2.01. The first-order valence-electron chi connectivity index (χ1n) is 4.04. The fraction of sp³-hybridized carbons (Fsp3) is 0.200. The summed E-state index contributed by atoms with van der Waals surface area (Å²) in [6.07, 6.45) is 1.44. The lowest BCUT2D eigenvalue weighted by Gasteiger charge is -1.89. The van der Waals surface area contributed by atoms with E-state index in [0.29, 0.717) is 6.42 Å². The minimum absolute atomic E-state index is 0.150. The van der Waals surface area contributed by atoms with Gasteiger partial charge in [0.15, 0.2) is 0 Å². The molecule has 0 heterocycles. The third-order valence-corrected chi connectivity index (χ3v) is 1.29. The smallest absolute Gasteiger partial charge is 0.345 e. The van der Waals surface area contributed by atoms with Crippen LogP contribution in [-0.2, 0) is 9.59 Å². The molecular weight excluding hydrogens is 212 g/mol. The molecule has 6 nitrogen and oxygen atoms in total. The van der Waals surface area contributed by atoms with Gasteiger partial charge in [-0.05, 0) is 6.42 Å². The highest BCUT2D eigenvalue weighted by atomic mass is 16.4. The van der Waals surface area contributed by atoms with Gasteiger partial charge in [-0.1, -0.05) is 13.5 Å². The summed E-state index contributed by atoms with van der Waals surface area (Å²) in [6, 6.07) is 3.03. The molecule has 0 atom stereocenters. The van der Waals surface area contributed by atoms with Crippen LogP contribution in [0.3, 0.4) is 0 Å². The molecule has 0 spiro atoms. The van der Waals surface area contributed by atoms with Gasteiger partial charge in [0.1, 0.15) is 11.6 Å². The van der Waals surface area contributed by atoms with Gasteiger partial charge < -0.3 is 10.2 Å². The summed E-state index contributed by atoms with van der Waals surface area (Å²) in [5, 5.41) is 31.9. The number of nitrogens with zero attached hydrogens (tertiary/aromatic N) is 2. The molecule has 0 aliphatic heterocycles. The molecule has 0 unspecified atom stereocenters. The van der Waals surface area contributed by atoms with Crippen molar-refractivity contribution in [2.45, 2.75) is 13.3 Å². The third kappa shape index (κ3) is 8.02. The van der Waals surface area contributed by atoms with Gasteiger partial charge in [0.2, 0.25) is 0 Å². The molecule has 0 bridgehead atoms. The van der Waals surface area contributed by atoms with Crippen LogP contribution >= 0.6 is 0 Å². The molecule has 0 aliphatic rings. The van der Waals surface area contributed by atoms with Gasteiger partial charge in [0.25, 0.3) is 0 Å². The molecule has 0 fully saturated rings. The van der Waals surface area contributed by atoms with Gasteiger partial charge in [0.05, 0.1) is 6.07 Å². The first-order chi connectivity index (χ1) is 7.40. The molecule has 0 saturated carbocycles. The quantitative estimate of drug-likeness (QED) is 0.544. The molecule has 6 heteroatoms. The summed E-state index contributed by atoms with van der Waals surface area (Å²) in [7, 11) is 0. The molecule has 0 aromatic carbocycles. The van der Waals surface area contributed by atoms with E-state index >= 15 is 0 Å². The second kappa shape index (κ2) is 8.97. The number of hydrogen-bond donors (Lipinski definition) is 2. The van der Waals surface area contributed by atoms with Crippen molar-refractivity contribution in [2.24, 2.45) is 0 Å². The Morgan fingerprint density at radius 2 is 1.81 bits per heavy atom. The topological polar surface area (TPSA) is 122 Å². The zero-order valence-electron chi connectivity index (χ0n) is 8.60. The minimum atomic E-state index is -1.26. The summed E-state index contributed by atoms with van der Waals surface area (Å²) < 4.78 is 0. The normalized spacial score (nSPS) is 8.81. The van der Waals surface area contributed by atoms with Gasteiger partial charge in [-0.2, -0.15) is 10.5 Å². The van der Waals surface area contributed by atoms with Crippen LogP contribution in [0.25, 0.3) is 0 Å². The van der Waals surface area contributed by atoms with Crippen LogP contribution in [-0.4, -0.2) is 22.2 Å². The summed E-state index contributed by atoms with van der Waals surface area (Å²) in [6.45, 7) is 4.60. The van der Waals surface area contributed by atoms with E-state index in [1.165, 1.54) is 6.07 Å². The van der Waals surface area contributed by atoms with Crippen molar-refractivity contribution in [1.82, 2.24) is 0 Å². The Kier molecular flexibility index (Phi) is 8.89. The van der Waals surface area contributed by atoms with E-state index in [9.17, 15) is 9.59 Å². The molecule has 0 aliphatic carbocycles. The summed E-state index contributed by atoms with van der Waals surface area (Å²) >= 11 is 0. The van der Waals surface area contributed by atoms with E-state index < -0.39 is 17.5 Å². The van der Waals surface area contributed by atoms with Crippen molar-refractivity contribution < 1.29 is 19.8 Å². The number of rotatable bonds is 3. The molecule has 0 radical (unpaired) electrons. The fourth-order valence-electron chi connectivity index (χ4n) is 0.441. The highest BCUT2D eigenvalue weighted by Crippen LogP contribution is 1.97.